The van der Waals surface area contributed by atoms with Gasteiger partial charge in [-0.3, -0.25) is 9.78 Å². The molecule has 0 spiro atoms. The molecule has 0 atom stereocenters. The van der Waals surface area contributed by atoms with Crippen LogP contribution in [0.15, 0.2) is 47.6 Å². The highest BCUT2D eigenvalue weighted by molar-refractivity contribution is 8.00. The molecule has 18 heavy (non-hydrogen) atoms. The summed E-state index contributed by atoms with van der Waals surface area (Å²) in [7, 11) is 0. The van der Waals surface area contributed by atoms with Crippen molar-refractivity contribution in [3.8, 4) is 0 Å². The van der Waals surface area contributed by atoms with Gasteiger partial charge >= 0.3 is 0 Å². The van der Waals surface area contributed by atoms with E-state index in [-0.39, 0.29) is 17.1 Å². The molecule has 0 saturated heterocycles. The molecule has 5 heteroatoms. The average molecular weight is 282 g/mol. The number of ketones is 1. The molecule has 0 N–H and O–H groups in total. The van der Waals surface area contributed by atoms with E-state index in [2.05, 4.69) is 4.98 Å². The fourth-order valence-corrected chi connectivity index (χ4v) is 2.46. The van der Waals surface area contributed by atoms with Crippen LogP contribution >= 0.6 is 23.4 Å². The number of benzene rings is 1. The summed E-state index contributed by atoms with van der Waals surface area (Å²) in [5.41, 5.74) is 0.282. The van der Waals surface area contributed by atoms with Gasteiger partial charge in [-0.1, -0.05) is 17.7 Å². The van der Waals surface area contributed by atoms with Crippen LogP contribution in [0.3, 0.4) is 0 Å². The number of nitrogens with zero attached hydrogens (tertiary/aromatic N) is 1. The lowest BCUT2D eigenvalue weighted by Gasteiger charge is -2.02. The first-order valence-corrected chi connectivity index (χ1v) is 6.53. The van der Waals surface area contributed by atoms with Crippen LogP contribution in [-0.2, 0) is 0 Å². The van der Waals surface area contributed by atoms with E-state index in [1.54, 1.807) is 12.1 Å². The Bertz CT molecular complexity index is 576. The maximum Gasteiger partial charge on any atom is 0.174 e. The molecule has 0 aliphatic heterocycles. The molecule has 0 aliphatic rings. The van der Waals surface area contributed by atoms with E-state index in [1.807, 2.05) is 12.1 Å². The lowest BCUT2D eigenvalue weighted by molar-refractivity contribution is 0.102. The molecule has 0 amide bonds. The van der Waals surface area contributed by atoms with E-state index in [0.717, 1.165) is 11.1 Å². The van der Waals surface area contributed by atoms with Crippen LogP contribution in [0.1, 0.15) is 10.4 Å². The van der Waals surface area contributed by atoms with E-state index in [1.165, 1.54) is 24.0 Å². The van der Waals surface area contributed by atoms with E-state index in [0.29, 0.717) is 5.02 Å². The Morgan fingerprint density at radius 1 is 1.33 bits per heavy atom. The fourth-order valence-electron chi connectivity index (χ4n) is 1.35. The van der Waals surface area contributed by atoms with Gasteiger partial charge < -0.3 is 0 Å². The average Bonchev–Trinajstić information content (AvgIpc) is 2.36. The Morgan fingerprint density at radius 2 is 2.17 bits per heavy atom. The zero-order chi connectivity index (χ0) is 13.0. The van der Waals surface area contributed by atoms with E-state index in [4.69, 9.17) is 11.6 Å². The van der Waals surface area contributed by atoms with E-state index < -0.39 is 5.82 Å². The van der Waals surface area contributed by atoms with Crippen molar-refractivity contribution in [3.63, 3.8) is 0 Å². The molecule has 1 aromatic heterocycles. The quantitative estimate of drug-likeness (QED) is 0.630. The third-order valence-electron chi connectivity index (χ3n) is 2.19. The first kappa shape index (κ1) is 13.1. The number of pyridine rings is 1. The topological polar surface area (TPSA) is 30.0 Å². The lowest BCUT2D eigenvalue weighted by atomic mass is 10.2. The molecule has 0 saturated carbocycles. The molecule has 0 fully saturated rings. The van der Waals surface area contributed by atoms with Crippen LogP contribution < -0.4 is 0 Å². The highest BCUT2D eigenvalue weighted by Gasteiger charge is 2.08. The minimum absolute atomic E-state index is 0.160. The summed E-state index contributed by atoms with van der Waals surface area (Å²) in [6, 6.07) is 8.42. The Kier molecular flexibility index (Phi) is 4.33. The van der Waals surface area contributed by atoms with Crippen LogP contribution in [0.4, 0.5) is 4.39 Å². The summed E-state index contributed by atoms with van der Waals surface area (Å²) >= 11 is 7.20. The zero-order valence-corrected chi connectivity index (χ0v) is 10.8. The number of Topliss-reactive ketones (excluding diaryl/α,β-unsaturated/α-hetero) is 1. The second kappa shape index (κ2) is 5.98. The third kappa shape index (κ3) is 3.55. The SMILES string of the molecule is O=C(CSc1cccc(Cl)c1)c1cncc(F)c1. The molecule has 0 aliphatic carbocycles. The highest BCUT2D eigenvalue weighted by Crippen LogP contribution is 2.22. The summed E-state index contributed by atoms with van der Waals surface area (Å²) in [5.74, 6) is -0.438. The Morgan fingerprint density at radius 3 is 2.89 bits per heavy atom. The van der Waals surface area contributed by atoms with Gasteiger partial charge in [0.25, 0.3) is 0 Å². The highest BCUT2D eigenvalue weighted by atomic mass is 35.5. The van der Waals surface area contributed by atoms with Crippen LogP contribution in [0, 0.1) is 5.82 Å². The van der Waals surface area contributed by atoms with Gasteiger partial charge in [-0.15, -0.1) is 11.8 Å². The molecule has 92 valence electrons. The smallest absolute Gasteiger partial charge is 0.174 e. The molecule has 2 rings (SSSR count). The molecule has 0 radical (unpaired) electrons. The van der Waals surface area contributed by atoms with Crippen molar-refractivity contribution >= 4 is 29.1 Å². The first-order valence-electron chi connectivity index (χ1n) is 5.17. The van der Waals surface area contributed by atoms with Gasteiger partial charge in [-0.25, -0.2) is 4.39 Å². The van der Waals surface area contributed by atoms with Crippen molar-refractivity contribution in [2.24, 2.45) is 0 Å². The van der Waals surface area contributed by atoms with Crippen molar-refractivity contribution in [3.05, 3.63) is 59.1 Å². The van der Waals surface area contributed by atoms with Gasteiger partial charge in [0, 0.05) is 21.7 Å². The molecule has 2 aromatic rings. The van der Waals surface area contributed by atoms with Crippen molar-refractivity contribution in [1.29, 1.82) is 0 Å². The summed E-state index contributed by atoms with van der Waals surface area (Å²) in [4.78, 5) is 16.3. The van der Waals surface area contributed by atoms with E-state index >= 15 is 0 Å². The van der Waals surface area contributed by atoms with Gasteiger partial charge in [0.15, 0.2) is 5.78 Å². The van der Waals surface area contributed by atoms with Gasteiger partial charge in [0.05, 0.1) is 11.9 Å². The van der Waals surface area contributed by atoms with Crippen LogP contribution in [0.2, 0.25) is 5.02 Å². The molecular formula is C13H9ClFNOS. The second-order valence-electron chi connectivity index (χ2n) is 3.56. The maximum atomic E-state index is 12.9. The molecule has 2 nitrogen and oxygen atoms in total. The Balaban J connectivity index is 2.00. The maximum absolute atomic E-state index is 12.9. The standard InChI is InChI=1S/C13H9ClFNOS/c14-10-2-1-3-12(5-10)18-8-13(17)9-4-11(15)7-16-6-9/h1-7H,8H2. The van der Waals surface area contributed by atoms with Crippen molar-refractivity contribution < 1.29 is 9.18 Å². The number of carbonyl (C=O) groups is 1. The van der Waals surface area contributed by atoms with Crippen LogP contribution in [-0.4, -0.2) is 16.5 Å². The van der Waals surface area contributed by atoms with Gasteiger partial charge in [0.1, 0.15) is 5.82 Å². The molecule has 1 heterocycles. The fraction of sp³-hybridized carbons (Fsp3) is 0.0769. The monoisotopic (exact) mass is 281 g/mol. The Hall–Kier alpha value is -1.39. The van der Waals surface area contributed by atoms with Gasteiger partial charge in [-0.2, -0.15) is 0 Å². The predicted octanol–water partition coefficient (Wildman–Crippen LogP) is 3.85. The number of rotatable bonds is 4. The minimum atomic E-state index is -0.506. The van der Waals surface area contributed by atoms with Crippen molar-refractivity contribution in [2.45, 2.75) is 4.90 Å². The second-order valence-corrected chi connectivity index (χ2v) is 5.05. The number of halogens is 2. The van der Waals surface area contributed by atoms with Crippen LogP contribution in [0.5, 0.6) is 0 Å². The summed E-state index contributed by atoms with van der Waals surface area (Å²) in [6.45, 7) is 0. The molecule has 1 aromatic carbocycles. The zero-order valence-electron chi connectivity index (χ0n) is 9.27. The molecule has 0 unspecified atom stereocenters. The lowest BCUT2D eigenvalue weighted by Crippen LogP contribution is -2.03. The number of carbonyl (C=O) groups excluding carboxylic acids is 1. The Labute approximate surface area is 113 Å². The van der Waals surface area contributed by atoms with Crippen molar-refractivity contribution in [2.75, 3.05) is 5.75 Å². The van der Waals surface area contributed by atoms with Gasteiger partial charge in [0.2, 0.25) is 0 Å². The number of thioether (sulfide) groups is 1. The minimum Gasteiger partial charge on any atom is -0.293 e. The summed E-state index contributed by atoms with van der Waals surface area (Å²) < 4.78 is 12.9. The van der Waals surface area contributed by atoms with Gasteiger partial charge in [-0.05, 0) is 24.3 Å². The summed E-state index contributed by atoms with van der Waals surface area (Å²) in [6.07, 6.45) is 2.44. The summed E-state index contributed by atoms with van der Waals surface area (Å²) in [5, 5.41) is 0.625. The number of hydrogen-bond acceptors (Lipinski definition) is 3. The normalized spacial score (nSPS) is 10.3. The number of hydrogen-bond donors (Lipinski definition) is 0. The van der Waals surface area contributed by atoms with Crippen molar-refractivity contribution in [1.82, 2.24) is 4.98 Å². The molecular weight excluding hydrogens is 273 g/mol. The van der Waals surface area contributed by atoms with Crippen LogP contribution in [0.25, 0.3) is 0 Å². The largest absolute Gasteiger partial charge is 0.293 e. The van der Waals surface area contributed by atoms with E-state index in [9.17, 15) is 9.18 Å². The first-order chi connectivity index (χ1) is 8.65. The molecule has 0 bridgehead atoms. The predicted molar refractivity (Wildman–Crippen MR) is 70.7 cm³/mol. The third-order valence-corrected chi connectivity index (χ3v) is 3.42. The number of aromatic nitrogens is 1.